The Labute approximate surface area is 157 Å². The Bertz CT molecular complexity index is 714. The Kier molecular flexibility index (Phi) is 6.49. The lowest BCUT2D eigenvalue weighted by atomic mass is 9.75. The van der Waals surface area contributed by atoms with E-state index in [1.165, 1.54) is 62.5 Å². The van der Waals surface area contributed by atoms with Gasteiger partial charge in [0, 0.05) is 5.56 Å². The molecule has 26 heavy (non-hydrogen) atoms. The van der Waals surface area contributed by atoms with Crippen molar-refractivity contribution in [3.05, 3.63) is 59.7 Å². The highest BCUT2D eigenvalue weighted by Crippen LogP contribution is 2.40. The Morgan fingerprint density at radius 1 is 0.962 bits per heavy atom. The first-order valence-electron chi connectivity index (χ1n) is 10.2. The molecule has 1 aliphatic carbocycles. The van der Waals surface area contributed by atoms with Gasteiger partial charge < -0.3 is 5.73 Å². The standard InChI is InChI=1S/C24H31NO/c1-2-3-5-8-18-11-13-20(14-12-18)23-17-21(15-16-22(23)24(25)26)19-9-6-4-7-10-19/h4,6-7,9-10,15-18,20H,2-3,5,8,11-14H2,1H3,(H2,25,26). The van der Waals surface area contributed by atoms with Gasteiger partial charge in [0.1, 0.15) is 0 Å². The van der Waals surface area contributed by atoms with E-state index in [4.69, 9.17) is 5.73 Å². The molecule has 2 aromatic rings. The number of unbranched alkanes of at least 4 members (excludes halogenated alkanes) is 2. The van der Waals surface area contributed by atoms with Gasteiger partial charge in [-0.2, -0.15) is 0 Å². The lowest BCUT2D eigenvalue weighted by molar-refractivity contribution is 0.0998. The monoisotopic (exact) mass is 349 g/mol. The summed E-state index contributed by atoms with van der Waals surface area (Å²) in [6.07, 6.45) is 10.3. The topological polar surface area (TPSA) is 43.1 Å². The molecular formula is C24H31NO. The molecule has 138 valence electrons. The maximum absolute atomic E-state index is 12.0. The van der Waals surface area contributed by atoms with Gasteiger partial charge in [0.25, 0.3) is 0 Å². The fourth-order valence-corrected chi connectivity index (χ4v) is 4.38. The van der Waals surface area contributed by atoms with E-state index in [0.29, 0.717) is 11.5 Å². The molecule has 0 atom stereocenters. The zero-order valence-corrected chi connectivity index (χ0v) is 15.9. The van der Waals surface area contributed by atoms with Crippen LogP contribution < -0.4 is 5.73 Å². The summed E-state index contributed by atoms with van der Waals surface area (Å²) in [6.45, 7) is 2.27. The fraction of sp³-hybridized carbons (Fsp3) is 0.458. The minimum absolute atomic E-state index is 0.301. The lowest BCUT2D eigenvalue weighted by Gasteiger charge is -2.30. The Morgan fingerprint density at radius 2 is 1.69 bits per heavy atom. The maximum atomic E-state index is 12.0. The van der Waals surface area contributed by atoms with Crippen molar-refractivity contribution in [1.82, 2.24) is 0 Å². The zero-order chi connectivity index (χ0) is 18.4. The largest absolute Gasteiger partial charge is 0.366 e. The average Bonchev–Trinajstić information content (AvgIpc) is 2.69. The third kappa shape index (κ3) is 4.55. The van der Waals surface area contributed by atoms with E-state index in [2.05, 4.69) is 37.3 Å². The molecule has 0 unspecified atom stereocenters. The second-order valence-corrected chi connectivity index (χ2v) is 7.75. The molecule has 2 N–H and O–H groups in total. The summed E-state index contributed by atoms with van der Waals surface area (Å²) in [5, 5.41) is 0. The van der Waals surface area contributed by atoms with E-state index >= 15 is 0 Å². The van der Waals surface area contributed by atoms with Crippen LogP contribution >= 0.6 is 0 Å². The number of hydrogen-bond acceptors (Lipinski definition) is 1. The number of nitrogens with two attached hydrogens (primary N) is 1. The SMILES string of the molecule is CCCCCC1CCC(c2cc(-c3ccccc3)ccc2C(N)=O)CC1. The third-order valence-corrected chi connectivity index (χ3v) is 5.93. The van der Waals surface area contributed by atoms with Crippen LogP contribution in [-0.4, -0.2) is 5.91 Å². The van der Waals surface area contributed by atoms with E-state index < -0.39 is 0 Å². The van der Waals surface area contributed by atoms with Crippen molar-refractivity contribution in [1.29, 1.82) is 0 Å². The predicted molar refractivity (Wildman–Crippen MR) is 109 cm³/mol. The molecular weight excluding hydrogens is 318 g/mol. The van der Waals surface area contributed by atoms with Crippen LogP contribution in [0.25, 0.3) is 11.1 Å². The molecule has 0 radical (unpaired) electrons. The summed E-state index contributed by atoms with van der Waals surface area (Å²) in [4.78, 5) is 12.0. The summed E-state index contributed by atoms with van der Waals surface area (Å²) in [5.41, 5.74) is 9.91. The molecule has 2 heteroatoms. The van der Waals surface area contributed by atoms with Gasteiger partial charge in [0.15, 0.2) is 0 Å². The molecule has 2 nitrogen and oxygen atoms in total. The van der Waals surface area contributed by atoms with Gasteiger partial charge in [0.05, 0.1) is 0 Å². The summed E-state index contributed by atoms with van der Waals surface area (Å²) in [5.74, 6) is 1.03. The quantitative estimate of drug-likeness (QED) is 0.585. The third-order valence-electron chi connectivity index (χ3n) is 5.93. The van der Waals surface area contributed by atoms with E-state index in [0.717, 1.165) is 11.5 Å². The van der Waals surface area contributed by atoms with Crippen molar-refractivity contribution in [3.63, 3.8) is 0 Å². The highest BCUT2D eigenvalue weighted by molar-refractivity contribution is 5.95. The highest BCUT2D eigenvalue weighted by atomic mass is 16.1. The minimum atomic E-state index is -0.301. The highest BCUT2D eigenvalue weighted by Gasteiger charge is 2.25. The number of hydrogen-bond donors (Lipinski definition) is 1. The van der Waals surface area contributed by atoms with Crippen molar-refractivity contribution >= 4 is 5.91 Å². The van der Waals surface area contributed by atoms with Crippen molar-refractivity contribution in [2.75, 3.05) is 0 Å². The number of benzene rings is 2. The van der Waals surface area contributed by atoms with Crippen molar-refractivity contribution < 1.29 is 4.79 Å². The Hall–Kier alpha value is -2.09. The van der Waals surface area contributed by atoms with Gasteiger partial charge in [-0.1, -0.05) is 75.1 Å². The molecule has 0 saturated heterocycles. The molecule has 0 aliphatic heterocycles. The second-order valence-electron chi connectivity index (χ2n) is 7.75. The molecule has 1 aliphatic rings. The van der Waals surface area contributed by atoms with E-state index in [1.54, 1.807) is 0 Å². The van der Waals surface area contributed by atoms with Crippen molar-refractivity contribution in [2.24, 2.45) is 11.7 Å². The van der Waals surface area contributed by atoms with E-state index in [9.17, 15) is 4.79 Å². The van der Waals surface area contributed by atoms with Gasteiger partial charge in [-0.3, -0.25) is 4.79 Å². The number of primary amides is 1. The van der Waals surface area contributed by atoms with Gasteiger partial charge in [-0.25, -0.2) is 0 Å². The molecule has 0 heterocycles. The summed E-state index contributed by atoms with van der Waals surface area (Å²) in [7, 11) is 0. The van der Waals surface area contributed by atoms with Crippen LogP contribution in [0.3, 0.4) is 0 Å². The molecule has 0 spiro atoms. The number of amides is 1. The molecule has 0 bridgehead atoms. The first-order chi connectivity index (χ1) is 12.7. The van der Waals surface area contributed by atoms with Crippen LogP contribution in [0.5, 0.6) is 0 Å². The molecule has 1 saturated carbocycles. The normalized spacial score (nSPS) is 20.0. The number of rotatable bonds is 7. The summed E-state index contributed by atoms with van der Waals surface area (Å²) < 4.78 is 0. The van der Waals surface area contributed by atoms with Crippen LogP contribution in [0.2, 0.25) is 0 Å². The van der Waals surface area contributed by atoms with Gasteiger partial charge in [-0.05, 0) is 60.3 Å². The Morgan fingerprint density at radius 3 is 2.35 bits per heavy atom. The van der Waals surface area contributed by atoms with E-state index in [-0.39, 0.29) is 5.91 Å². The molecule has 3 rings (SSSR count). The van der Waals surface area contributed by atoms with Crippen molar-refractivity contribution in [3.8, 4) is 11.1 Å². The molecule has 2 aromatic carbocycles. The van der Waals surface area contributed by atoms with Gasteiger partial charge >= 0.3 is 0 Å². The number of carbonyl (C=O) groups is 1. The smallest absolute Gasteiger partial charge is 0.248 e. The molecule has 1 fully saturated rings. The predicted octanol–water partition coefficient (Wildman–Crippen LogP) is 6.31. The van der Waals surface area contributed by atoms with Gasteiger partial charge in [0.2, 0.25) is 5.91 Å². The van der Waals surface area contributed by atoms with Crippen LogP contribution in [-0.2, 0) is 0 Å². The second kappa shape index (κ2) is 9.02. The fourth-order valence-electron chi connectivity index (χ4n) is 4.38. The molecule has 0 aromatic heterocycles. The number of carbonyl (C=O) groups excluding carboxylic acids is 1. The Balaban J connectivity index is 1.77. The van der Waals surface area contributed by atoms with Gasteiger partial charge in [-0.15, -0.1) is 0 Å². The summed E-state index contributed by atoms with van der Waals surface area (Å²) in [6, 6.07) is 16.5. The first kappa shape index (κ1) is 18.7. The lowest BCUT2D eigenvalue weighted by Crippen LogP contribution is -2.19. The van der Waals surface area contributed by atoms with Crippen LogP contribution in [0, 0.1) is 5.92 Å². The van der Waals surface area contributed by atoms with Crippen molar-refractivity contribution in [2.45, 2.75) is 64.2 Å². The van der Waals surface area contributed by atoms with E-state index in [1.807, 2.05) is 18.2 Å². The van der Waals surface area contributed by atoms with Crippen LogP contribution in [0.15, 0.2) is 48.5 Å². The zero-order valence-electron chi connectivity index (χ0n) is 15.9. The minimum Gasteiger partial charge on any atom is -0.366 e. The average molecular weight is 350 g/mol. The van der Waals surface area contributed by atoms with Crippen LogP contribution in [0.4, 0.5) is 0 Å². The first-order valence-corrected chi connectivity index (χ1v) is 10.2. The summed E-state index contributed by atoms with van der Waals surface area (Å²) >= 11 is 0. The van der Waals surface area contributed by atoms with Crippen LogP contribution in [0.1, 0.15) is 80.1 Å². The maximum Gasteiger partial charge on any atom is 0.248 e. The molecule has 1 amide bonds.